The molecule has 3 aromatic rings. The molecule has 0 N–H and O–H groups in total. The first kappa shape index (κ1) is 18.2. The molecule has 1 aliphatic rings. The number of rotatable bonds is 3. The number of para-hydroxylation sites is 1. The summed E-state index contributed by atoms with van der Waals surface area (Å²) in [5.74, 6) is 0.266. The first-order chi connectivity index (χ1) is 13.4. The van der Waals surface area contributed by atoms with Crippen LogP contribution in [0.2, 0.25) is 0 Å². The third-order valence-electron chi connectivity index (χ3n) is 5.53. The monoisotopic (exact) mass is 370 g/mol. The average molecular weight is 370 g/mol. The van der Waals surface area contributed by atoms with Gasteiger partial charge in [0, 0.05) is 30.2 Å². The highest BCUT2D eigenvalue weighted by Crippen LogP contribution is 2.39. The third-order valence-corrected chi connectivity index (χ3v) is 5.53. The summed E-state index contributed by atoms with van der Waals surface area (Å²) in [5.41, 5.74) is 4.56. The molecule has 1 aliphatic heterocycles. The molecular weight excluding hydrogens is 346 g/mol. The Morgan fingerprint density at radius 1 is 0.964 bits per heavy atom. The first-order valence-corrected chi connectivity index (χ1v) is 9.48. The van der Waals surface area contributed by atoms with Gasteiger partial charge in [-0.1, -0.05) is 48.5 Å². The van der Waals surface area contributed by atoms with E-state index in [2.05, 4.69) is 74.0 Å². The minimum Gasteiger partial charge on any atom is -0.426 e. The van der Waals surface area contributed by atoms with Crippen LogP contribution in [-0.4, -0.2) is 23.3 Å². The van der Waals surface area contributed by atoms with Crippen LogP contribution in [0.1, 0.15) is 31.9 Å². The van der Waals surface area contributed by atoms with Gasteiger partial charge in [0.15, 0.2) is 5.71 Å². The van der Waals surface area contributed by atoms with Crippen molar-refractivity contribution in [1.82, 2.24) is 0 Å². The summed E-state index contributed by atoms with van der Waals surface area (Å²) in [4.78, 5) is 11.6. The minimum absolute atomic E-state index is 0.103. The molecule has 3 aromatic carbocycles. The zero-order valence-corrected chi connectivity index (χ0v) is 16.7. The highest BCUT2D eigenvalue weighted by Gasteiger charge is 2.42. The van der Waals surface area contributed by atoms with E-state index < -0.39 is 0 Å². The van der Waals surface area contributed by atoms with Crippen molar-refractivity contribution in [1.29, 1.82) is 0 Å². The van der Waals surface area contributed by atoms with Crippen molar-refractivity contribution in [2.75, 3.05) is 7.05 Å². The van der Waals surface area contributed by atoms with Gasteiger partial charge < -0.3 is 4.74 Å². The highest BCUT2D eigenvalue weighted by atomic mass is 16.5. The van der Waals surface area contributed by atoms with E-state index in [9.17, 15) is 4.79 Å². The van der Waals surface area contributed by atoms with Crippen molar-refractivity contribution in [3.8, 4) is 5.75 Å². The van der Waals surface area contributed by atoms with Crippen LogP contribution in [0.4, 0.5) is 5.69 Å². The predicted octanol–water partition coefficient (Wildman–Crippen LogP) is 5.48. The molecule has 0 spiro atoms. The van der Waals surface area contributed by atoms with Gasteiger partial charge >= 0.3 is 5.97 Å². The highest BCUT2D eigenvalue weighted by molar-refractivity contribution is 6.07. The normalized spacial score (nSPS) is 15.3. The van der Waals surface area contributed by atoms with Crippen LogP contribution >= 0.6 is 0 Å². The molecule has 28 heavy (non-hydrogen) atoms. The van der Waals surface area contributed by atoms with Gasteiger partial charge in [-0.15, -0.1) is 0 Å². The maximum atomic E-state index is 11.6. The standard InChI is InChI=1S/C25H24NO2/c1-17(27)28-23-15-13-18-9-5-6-10-19(18)20(23)14-16-24-25(2,3)21-11-7-8-12-22(21)26(24)4/h5-16H,1-4H3/q+1. The molecule has 0 saturated carbocycles. The molecule has 1 heterocycles. The number of allylic oxidation sites excluding steroid dienone is 1. The van der Waals surface area contributed by atoms with Crippen LogP contribution in [0.25, 0.3) is 16.8 Å². The minimum atomic E-state index is -0.316. The molecule has 0 bridgehead atoms. The Labute approximate surface area is 165 Å². The lowest BCUT2D eigenvalue weighted by Gasteiger charge is -2.15. The summed E-state index contributed by atoms with van der Waals surface area (Å²) in [6.45, 7) is 5.91. The van der Waals surface area contributed by atoms with Gasteiger partial charge in [0.2, 0.25) is 5.69 Å². The molecule has 3 nitrogen and oxygen atoms in total. The topological polar surface area (TPSA) is 29.3 Å². The number of fused-ring (bicyclic) bond motifs is 2. The van der Waals surface area contributed by atoms with Crippen molar-refractivity contribution >= 4 is 34.2 Å². The van der Waals surface area contributed by atoms with E-state index >= 15 is 0 Å². The molecule has 0 atom stereocenters. The number of ether oxygens (including phenoxy) is 1. The van der Waals surface area contributed by atoms with Crippen molar-refractivity contribution in [2.24, 2.45) is 0 Å². The zero-order chi connectivity index (χ0) is 19.9. The van der Waals surface area contributed by atoms with Gasteiger partial charge in [0.05, 0.1) is 5.41 Å². The number of carbonyl (C=O) groups excluding carboxylic acids is 1. The lowest BCUT2D eigenvalue weighted by molar-refractivity contribution is -0.401. The fourth-order valence-electron chi connectivity index (χ4n) is 4.16. The lowest BCUT2D eigenvalue weighted by atomic mass is 9.81. The molecular formula is C25H24NO2+. The summed E-state index contributed by atoms with van der Waals surface area (Å²) in [6.07, 6.45) is 4.22. The maximum Gasteiger partial charge on any atom is 0.308 e. The average Bonchev–Trinajstić information content (AvgIpc) is 2.87. The van der Waals surface area contributed by atoms with Crippen LogP contribution in [0.5, 0.6) is 5.75 Å². The molecule has 140 valence electrons. The van der Waals surface area contributed by atoms with Crippen LogP contribution in [0.15, 0.2) is 66.7 Å². The Morgan fingerprint density at radius 3 is 2.43 bits per heavy atom. The van der Waals surface area contributed by atoms with Gasteiger partial charge in [-0.05, 0) is 36.8 Å². The fourth-order valence-corrected chi connectivity index (χ4v) is 4.16. The lowest BCUT2D eigenvalue weighted by Crippen LogP contribution is -2.26. The van der Waals surface area contributed by atoms with Crippen LogP contribution < -0.4 is 4.74 Å². The van der Waals surface area contributed by atoms with E-state index in [0.29, 0.717) is 5.75 Å². The molecule has 0 fully saturated rings. The van der Waals surface area contributed by atoms with E-state index in [1.807, 2.05) is 24.3 Å². The summed E-state index contributed by atoms with van der Waals surface area (Å²) < 4.78 is 7.73. The van der Waals surface area contributed by atoms with Gasteiger partial charge in [-0.3, -0.25) is 4.79 Å². The largest absolute Gasteiger partial charge is 0.426 e. The van der Waals surface area contributed by atoms with Crippen LogP contribution in [0, 0.1) is 0 Å². The maximum absolute atomic E-state index is 11.6. The van der Waals surface area contributed by atoms with Crippen molar-refractivity contribution in [2.45, 2.75) is 26.2 Å². The van der Waals surface area contributed by atoms with Gasteiger partial charge in [-0.2, -0.15) is 4.58 Å². The van der Waals surface area contributed by atoms with Crippen LogP contribution in [-0.2, 0) is 10.2 Å². The fraction of sp³-hybridized carbons (Fsp3) is 0.200. The Bertz CT molecular complexity index is 1150. The quantitative estimate of drug-likeness (QED) is 0.347. The number of carbonyl (C=O) groups is 1. The molecule has 0 unspecified atom stereocenters. The van der Waals surface area contributed by atoms with E-state index in [1.165, 1.54) is 23.9 Å². The second kappa shape index (κ2) is 6.75. The Morgan fingerprint density at radius 2 is 1.68 bits per heavy atom. The number of hydrogen-bond acceptors (Lipinski definition) is 2. The molecule has 3 heteroatoms. The van der Waals surface area contributed by atoms with E-state index in [0.717, 1.165) is 16.3 Å². The van der Waals surface area contributed by atoms with Gasteiger partial charge in [-0.25, -0.2) is 0 Å². The van der Waals surface area contributed by atoms with Crippen molar-refractivity contribution in [3.05, 3.63) is 77.9 Å². The molecule has 0 radical (unpaired) electrons. The molecule has 0 saturated heterocycles. The molecule has 4 rings (SSSR count). The first-order valence-electron chi connectivity index (χ1n) is 9.48. The SMILES string of the molecule is CC(=O)Oc1ccc2ccccc2c1C=CC1=[N+](C)c2ccccc2C1(C)C. The number of esters is 1. The van der Waals surface area contributed by atoms with Crippen LogP contribution in [0.3, 0.4) is 0 Å². The zero-order valence-electron chi connectivity index (χ0n) is 16.7. The molecule has 0 aliphatic carbocycles. The van der Waals surface area contributed by atoms with E-state index in [4.69, 9.17) is 4.74 Å². The van der Waals surface area contributed by atoms with Gasteiger partial charge in [0.25, 0.3) is 0 Å². The Kier molecular flexibility index (Phi) is 4.38. The summed E-state index contributed by atoms with van der Waals surface area (Å²) >= 11 is 0. The van der Waals surface area contributed by atoms with E-state index in [1.54, 1.807) is 0 Å². The summed E-state index contributed by atoms with van der Waals surface area (Å²) in [5, 5.41) is 2.18. The number of hydrogen-bond donors (Lipinski definition) is 0. The van der Waals surface area contributed by atoms with E-state index in [-0.39, 0.29) is 11.4 Å². The number of nitrogens with zero attached hydrogens (tertiary/aromatic N) is 1. The second-order valence-corrected chi connectivity index (χ2v) is 7.71. The van der Waals surface area contributed by atoms with Gasteiger partial charge in [0.1, 0.15) is 12.8 Å². The Hall–Kier alpha value is -3.20. The molecule has 0 amide bonds. The predicted molar refractivity (Wildman–Crippen MR) is 115 cm³/mol. The number of benzene rings is 3. The van der Waals surface area contributed by atoms with Crippen molar-refractivity contribution in [3.63, 3.8) is 0 Å². The summed E-state index contributed by atoms with van der Waals surface area (Å²) in [7, 11) is 2.10. The third kappa shape index (κ3) is 2.93. The Balaban J connectivity index is 1.85. The molecule has 0 aromatic heterocycles. The second-order valence-electron chi connectivity index (χ2n) is 7.71. The van der Waals surface area contributed by atoms with Crippen molar-refractivity contribution < 1.29 is 14.1 Å². The summed E-state index contributed by atoms with van der Waals surface area (Å²) in [6, 6.07) is 20.5. The smallest absolute Gasteiger partial charge is 0.308 e.